The van der Waals surface area contributed by atoms with Crippen molar-refractivity contribution in [3.05, 3.63) is 23.8 Å². The molecule has 0 unspecified atom stereocenters. The SMILES string of the molecule is COc1ccc(S(=O)(=O)N2CCCCCC2)cc1CN. The molecule has 0 bridgehead atoms. The van der Waals surface area contributed by atoms with Gasteiger partial charge in [-0.3, -0.25) is 0 Å². The van der Waals surface area contributed by atoms with E-state index in [0.29, 0.717) is 29.3 Å². The number of nitrogens with two attached hydrogens (primary N) is 1. The monoisotopic (exact) mass is 298 g/mol. The molecular weight excluding hydrogens is 276 g/mol. The fourth-order valence-corrected chi connectivity index (χ4v) is 4.07. The van der Waals surface area contributed by atoms with Crippen LogP contribution in [0, 0.1) is 0 Å². The number of sulfonamides is 1. The largest absolute Gasteiger partial charge is 0.496 e. The molecule has 0 saturated carbocycles. The number of ether oxygens (including phenoxy) is 1. The van der Waals surface area contributed by atoms with Crippen molar-refractivity contribution in [2.24, 2.45) is 5.73 Å². The van der Waals surface area contributed by atoms with Gasteiger partial charge in [-0.25, -0.2) is 8.42 Å². The first-order valence-electron chi connectivity index (χ1n) is 6.96. The van der Waals surface area contributed by atoms with Gasteiger partial charge in [-0.2, -0.15) is 4.31 Å². The van der Waals surface area contributed by atoms with Crippen molar-refractivity contribution < 1.29 is 13.2 Å². The van der Waals surface area contributed by atoms with Crippen LogP contribution in [0.2, 0.25) is 0 Å². The Hall–Kier alpha value is -1.11. The minimum Gasteiger partial charge on any atom is -0.496 e. The lowest BCUT2D eigenvalue weighted by atomic mass is 10.2. The Bertz CT molecular complexity index is 550. The quantitative estimate of drug-likeness (QED) is 0.918. The van der Waals surface area contributed by atoms with Crippen LogP contribution in [-0.4, -0.2) is 32.9 Å². The second-order valence-electron chi connectivity index (χ2n) is 5.00. The van der Waals surface area contributed by atoms with Crippen LogP contribution in [0.5, 0.6) is 5.75 Å². The van der Waals surface area contributed by atoms with Gasteiger partial charge in [0.1, 0.15) is 5.75 Å². The van der Waals surface area contributed by atoms with Gasteiger partial charge in [0, 0.05) is 25.2 Å². The van der Waals surface area contributed by atoms with E-state index in [2.05, 4.69) is 0 Å². The summed E-state index contributed by atoms with van der Waals surface area (Å²) in [5, 5.41) is 0. The highest BCUT2D eigenvalue weighted by Gasteiger charge is 2.25. The fourth-order valence-electron chi connectivity index (χ4n) is 2.51. The number of nitrogens with zero attached hydrogens (tertiary/aromatic N) is 1. The summed E-state index contributed by atoms with van der Waals surface area (Å²) >= 11 is 0. The Morgan fingerprint density at radius 1 is 1.20 bits per heavy atom. The van der Waals surface area contributed by atoms with Crippen LogP contribution in [0.1, 0.15) is 31.2 Å². The molecule has 0 radical (unpaired) electrons. The van der Waals surface area contributed by atoms with Gasteiger partial charge < -0.3 is 10.5 Å². The highest BCUT2D eigenvalue weighted by molar-refractivity contribution is 7.89. The average molecular weight is 298 g/mol. The zero-order chi connectivity index (χ0) is 14.6. The van der Waals surface area contributed by atoms with E-state index < -0.39 is 10.0 Å². The summed E-state index contributed by atoms with van der Waals surface area (Å²) in [6.07, 6.45) is 4.06. The van der Waals surface area contributed by atoms with Crippen molar-refractivity contribution in [2.45, 2.75) is 37.1 Å². The highest BCUT2D eigenvalue weighted by Crippen LogP contribution is 2.25. The van der Waals surface area contributed by atoms with Crippen LogP contribution >= 0.6 is 0 Å². The Kier molecular flexibility index (Phi) is 5.01. The molecule has 2 N–H and O–H groups in total. The molecule has 1 aromatic carbocycles. The van der Waals surface area contributed by atoms with E-state index in [9.17, 15) is 8.42 Å². The molecule has 0 aromatic heterocycles. The molecule has 1 aliphatic heterocycles. The Morgan fingerprint density at radius 2 is 1.85 bits per heavy atom. The summed E-state index contributed by atoms with van der Waals surface area (Å²) in [6, 6.07) is 4.89. The first-order valence-corrected chi connectivity index (χ1v) is 8.40. The number of methoxy groups -OCH3 is 1. The summed E-state index contributed by atoms with van der Waals surface area (Å²) in [6.45, 7) is 1.46. The first-order chi connectivity index (χ1) is 9.59. The van der Waals surface area contributed by atoms with Crippen LogP contribution < -0.4 is 10.5 Å². The zero-order valence-corrected chi connectivity index (χ0v) is 12.7. The smallest absolute Gasteiger partial charge is 0.243 e. The van der Waals surface area contributed by atoms with Gasteiger partial charge in [0.05, 0.1) is 12.0 Å². The Balaban J connectivity index is 2.33. The molecule has 6 heteroatoms. The number of benzene rings is 1. The Morgan fingerprint density at radius 3 is 2.40 bits per heavy atom. The van der Waals surface area contributed by atoms with Crippen molar-refractivity contribution in [3.8, 4) is 5.75 Å². The molecule has 1 aliphatic rings. The minimum atomic E-state index is -3.42. The van der Waals surface area contributed by atoms with Crippen molar-refractivity contribution in [3.63, 3.8) is 0 Å². The minimum absolute atomic E-state index is 0.256. The van der Waals surface area contributed by atoms with Gasteiger partial charge in [0.15, 0.2) is 0 Å². The van der Waals surface area contributed by atoms with E-state index in [1.165, 1.54) is 0 Å². The third-order valence-electron chi connectivity index (χ3n) is 3.67. The topological polar surface area (TPSA) is 72.6 Å². The van der Waals surface area contributed by atoms with Crippen molar-refractivity contribution in [2.75, 3.05) is 20.2 Å². The van der Waals surface area contributed by atoms with Crippen molar-refractivity contribution in [1.29, 1.82) is 0 Å². The maximum atomic E-state index is 12.7. The van der Waals surface area contributed by atoms with Crippen molar-refractivity contribution >= 4 is 10.0 Å². The average Bonchev–Trinajstić information content (AvgIpc) is 2.76. The lowest BCUT2D eigenvalue weighted by Crippen LogP contribution is -2.32. The van der Waals surface area contributed by atoms with Crippen LogP contribution in [0.4, 0.5) is 0 Å². The standard InChI is InChI=1S/C14H22N2O3S/c1-19-14-7-6-13(10-12(14)11-15)20(17,18)16-8-4-2-3-5-9-16/h6-7,10H,2-5,8-9,11,15H2,1H3. The lowest BCUT2D eigenvalue weighted by Gasteiger charge is -2.20. The number of hydrogen-bond acceptors (Lipinski definition) is 4. The molecule has 1 aromatic rings. The molecule has 1 heterocycles. The van der Waals surface area contributed by atoms with Crippen molar-refractivity contribution in [1.82, 2.24) is 4.31 Å². The van der Waals surface area contributed by atoms with Gasteiger partial charge in [-0.15, -0.1) is 0 Å². The maximum absolute atomic E-state index is 12.7. The second kappa shape index (κ2) is 6.56. The molecule has 1 fully saturated rings. The lowest BCUT2D eigenvalue weighted by molar-refractivity contribution is 0.408. The summed E-state index contributed by atoms with van der Waals surface area (Å²) < 4.78 is 32.1. The predicted molar refractivity (Wildman–Crippen MR) is 78.1 cm³/mol. The zero-order valence-electron chi connectivity index (χ0n) is 11.8. The predicted octanol–water partition coefficient (Wildman–Crippen LogP) is 1.72. The van der Waals surface area contributed by atoms with Crippen LogP contribution in [0.25, 0.3) is 0 Å². The Labute approximate surface area is 120 Å². The molecule has 2 rings (SSSR count). The molecule has 0 atom stereocenters. The van der Waals surface area contributed by atoms with Crippen LogP contribution in [0.15, 0.2) is 23.1 Å². The van der Waals surface area contributed by atoms with Gasteiger partial charge in [0.25, 0.3) is 0 Å². The van der Waals surface area contributed by atoms with E-state index in [1.54, 1.807) is 29.6 Å². The molecule has 112 valence electrons. The van der Waals surface area contributed by atoms with E-state index in [1.807, 2.05) is 0 Å². The number of hydrogen-bond donors (Lipinski definition) is 1. The molecule has 0 aliphatic carbocycles. The maximum Gasteiger partial charge on any atom is 0.243 e. The summed E-state index contributed by atoms with van der Waals surface area (Å²) in [5.41, 5.74) is 6.36. The summed E-state index contributed by atoms with van der Waals surface area (Å²) in [7, 11) is -1.87. The van der Waals surface area contributed by atoms with E-state index in [0.717, 1.165) is 25.7 Å². The molecule has 5 nitrogen and oxygen atoms in total. The molecule has 0 spiro atoms. The first kappa shape index (κ1) is 15.3. The molecule has 20 heavy (non-hydrogen) atoms. The molecule has 0 amide bonds. The van der Waals surface area contributed by atoms with E-state index in [4.69, 9.17) is 10.5 Å². The normalized spacial score (nSPS) is 17.7. The van der Waals surface area contributed by atoms with Crippen LogP contribution in [-0.2, 0) is 16.6 Å². The molecule has 1 saturated heterocycles. The highest BCUT2D eigenvalue weighted by atomic mass is 32.2. The van der Waals surface area contributed by atoms with E-state index >= 15 is 0 Å². The van der Waals surface area contributed by atoms with E-state index in [-0.39, 0.29) is 6.54 Å². The fraction of sp³-hybridized carbons (Fsp3) is 0.571. The van der Waals surface area contributed by atoms with Gasteiger partial charge in [-0.1, -0.05) is 12.8 Å². The van der Waals surface area contributed by atoms with Gasteiger partial charge in [-0.05, 0) is 31.0 Å². The van der Waals surface area contributed by atoms with Gasteiger partial charge in [0.2, 0.25) is 10.0 Å². The molecular formula is C14H22N2O3S. The third-order valence-corrected chi connectivity index (χ3v) is 5.57. The number of rotatable bonds is 4. The second-order valence-corrected chi connectivity index (χ2v) is 6.93. The third kappa shape index (κ3) is 3.13. The van der Waals surface area contributed by atoms with Gasteiger partial charge >= 0.3 is 0 Å². The van der Waals surface area contributed by atoms with Crippen LogP contribution in [0.3, 0.4) is 0 Å². The summed E-state index contributed by atoms with van der Waals surface area (Å²) in [4.78, 5) is 0.306. The summed E-state index contributed by atoms with van der Waals surface area (Å²) in [5.74, 6) is 0.627.